The van der Waals surface area contributed by atoms with Crippen LogP contribution in [0.2, 0.25) is 0 Å². The monoisotopic (exact) mass is 232 g/mol. The number of rotatable bonds is 1. The molecule has 0 aliphatic rings. The first kappa shape index (κ1) is 11.0. The van der Waals surface area contributed by atoms with Crippen LogP contribution in [-0.2, 0) is 0 Å². The minimum atomic E-state index is 1.11. The minimum absolute atomic E-state index is 1.11. The van der Waals surface area contributed by atoms with Gasteiger partial charge in [-0.25, -0.2) is 0 Å². The van der Waals surface area contributed by atoms with Crippen molar-refractivity contribution in [3.63, 3.8) is 0 Å². The average molecular weight is 232 g/mol. The molecule has 0 amide bonds. The van der Waals surface area contributed by atoms with Crippen molar-refractivity contribution in [2.45, 2.75) is 13.8 Å². The molecule has 0 aromatic heterocycles. The summed E-state index contributed by atoms with van der Waals surface area (Å²) >= 11 is 0. The number of benzene rings is 3. The fourth-order valence-corrected chi connectivity index (χ4v) is 2.64. The predicted octanol–water partition coefficient (Wildman–Crippen LogP) is 4.55. The Balaban J connectivity index is 2.63. The van der Waals surface area contributed by atoms with Crippen molar-refractivity contribution in [1.29, 1.82) is 0 Å². The third-order valence-electron chi connectivity index (χ3n) is 3.72. The van der Waals surface area contributed by atoms with Gasteiger partial charge in [0.1, 0.15) is 0 Å². The van der Waals surface area contributed by atoms with Gasteiger partial charge < -0.3 is 0 Å². The molecule has 0 N–H and O–H groups in total. The predicted molar refractivity (Wildman–Crippen MR) is 81.5 cm³/mol. The normalized spacial score (nSPS) is 12.4. The second-order valence-electron chi connectivity index (χ2n) is 4.76. The van der Waals surface area contributed by atoms with Gasteiger partial charge in [-0.2, -0.15) is 0 Å². The Bertz CT molecular complexity index is 791. The molecule has 3 aromatic carbocycles. The van der Waals surface area contributed by atoms with Crippen LogP contribution in [0.1, 0.15) is 19.4 Å². The van der Waals surface area contributed by atoms with Gasteiger partial charge in [-0.05, 0) is 51.7 Å². The maximum Gasteiger partial charge on any atom is -0.00269 e. The Morgan fingerprint density at radius 2 is 1.61 bits per heavy atom. The largest absolute Gasteiger partial charge is 0.0911 e. The first-order chi connectivity index (χ1) is 8.72. The zero-order valence-corrected chi connectivity index (χ0v) is 10.8. The summed E-state index contributed by atoms with van der Waals surface area (Å²) in [6.07, 6.45) is 2.16. The summed E-state index contributed by atoms with van der Waals surface area (Å²) in [5.41, 5.74) is 2.60. The van der Waals surface area contributed by atoms with Gasteiger partial charge in [-0.3, -0.25) is 0 Å². The zero-order valence-electron chi connectivity index (χ0n) is 10.8. The van der Waals surface area contributed by atoms with Crippen LogP contribution in [0.15, 0.2) is 48.5 Å². The third kappa shape index (κ3) is 1.46. The summed E-state index contributed by atoms with van der Waals surface area (Å²) in [7, 11) is 0. The Morgan fingerprint density at radius 1 is 0.944 bits per heavy atom. The van der Waals surface area contributed by atoms with E-state index < -0.39 is 0 Å². The fourth-order valence-electron chi connectivity index (χ4n) is 2.64. The summed E-state index contributed by atoms with van der Waals surface area (Å²) in [4.78, 5) is 0. The summed E-state index contributed by atoms with van der Waals surface area (Å²) in [5, 5.41) is 6.32. The van der Waals surface area contributed by atoms with E-state index >= 15 is 0 Å². The van der Waals surface area contributed by atoms with E-state index in [0.29, 0.717) is 0 Å². The lowest BCUT2D eigenvalue weighted by atomic mass is 9.92. The SMILES string of the molecule is C=c1ccc2cccc3ccc(/C(C)=C\C)c1c32. The van der Waals surface area contributed by atoms with E-state index in [4.69, 9.17) is 0 Å². The minimum Gasteiger partial charge on any atom is -0.0911 e. The highest BCUT2D eigenvalue weighted by Crippen LogP contribution is 2.30. The molecule has 0 bridgehead atoms. The van der Waals surface area contributed by atoms with E-state index in [1.807, 2.05) is 0 Å². The van der Waals surface area contributed by atoms with E-state index in [9.17, 15) is 0 Å². The van der Waals surface area contributed by atoms with Crippen LogP contribution in [0.5, 0.6) is 0 Å². The van der Waals surface area contributed by atoms with Crippen LogP contribution < -0.4 is 5.22 Å². The van der Waals surface area contributed by atoms with E-state index in [1.54, 1.807) is 0 Å². The molecule has 3 aromatic rings. The molecular weight excluding hydrogens is 216 g/mol. The Kier molecular flexibility index (Phi) is 2.45. The van der Waals surface area contributed by atoms with E-state index in [1.165, 1.54) is 32.7 Å². The first-order valence-electron chi connectivity index (χ1n) is 6.28. The van der Waals surface area contributed by atoms with Crippen LogP contribution in [-0.4, -0.2) is 0 Å². The number of hydrogen-bond acceptors (Lipinski definition) is 0. The Hall–Kier alpha value is -2.08. The Morgan fingerprint density at radius 3 is 2.28 bits per heavy atom. The van der Waals surface area contributed by atoms with Crippen molar-refractivity contribution in [3.8, 4) is 0 Å². The molecule has 0 heterocycles. The highest BCUT2D eigenvalue weighted by Gasteiger charge is 2.07. The van der Waals surface area contributed by atoms with Crippen LogP contribution >= 0.6 is 0 Å². The summed E-state index contributed by atoms with van der Waals surface area (Å²) in [6.45, 7) is 8.44. The summed E-state index contributed by atoms with van der Waals surface area (Å²) in [5.74, 6) is 0. The van der Waals surface area contributed by atoms with Crippen molar-refractivity contribution >= 4 is 33.7 Å². The van der Waals surface area contributed by atoms with E-state index in [0.717, 1.165) is 5.22 Å². The number of allylic oxidation sites excluding steroid dienone is 2. The van der Waals surface area contributed by atoms with Crippen molar-refractivity contribution in [1.82, 2.24) is 0 Å². The molecule has 0 nitrogen and oxygen atoms in total. The molecule has 0 aliphatic carbocycles. The average Bonchev–Trinajstić information content (AvgIpc) is 2.42. The third-order valence-corrected chi connectivity index (χ3v) is 3.72. The molecule has 0 atom stereocenters. The molecule has 18 heavy (non-hydrogen) atoms. The smallest absolute Gasteiger partial charge is 0.00269 e. The molecule has 0 saturated carbocycles. The van der Waals surface area contributed by atoms with Gasteiger partial charge in [0.2, 0.25) is 0 Å². The van der Waals surface area contributed by atoms with Gasteiger partial charge in [-0.1, -0.05) is 55.1 Å². The van der Waals surface area contributed by atoms with E-state index in [-0.39, 0.29) is 0 Å². The number of hydrogen-bond donors (Lipinski definition) is 0. The summed E-state index contributed by atoms with van der Waals surface area (Å²) in [6, 6.07) is 15.1. The van der Waals surface area contributed by atoms with Crippen molar-refractivity contribution in [2.75, 3.05) is 0 Å². The molecule has 0 heteroatoms. The molecule has 3 rings (SSSR count). The highest BCUT2D eigenvalue weighted by atomic mass is 14.1. The zero-order chi connectivity index (χ0) is 12.7. The summed E-state index contributed by atoms with van der Waals surface area (Å²) < 4.78 is 0. The highest BCUT2D eigenvalue weighted by molar-refractivity contribution is 6.13. The maximum absolute atomic E-state index is 4.20. The topological polar surface area (TPSA) is 0 Å². The fraction of sp³-hybridized carbons (Fsp3) is 0.111. The lowest BCUT2D eigenvalue weighted by molar-refractivity contribution is 1.58. The van der Waals surface area contributed by atoms with E-state index in [2.05, 4.69) is 69.0 Å². The standard InChI is InChI=1S/C18H16/c1-4-12(2)16-11-10-15-7-5-6-14-9-8-13(3)17(16)18(14)15/h4-11H,3H2,1-2H3/b12-4-. The van der Waals surface area contributed by atoms with Gasteiger partial charge in [-0.15, -0.1) is 0 Å². The molecule has 88 valence electrons. The molecule has 0 spiro atoms. The van der Waals surface area contributed by atoms with Crippen LogP contribution in [0, 0.1) is 0 Å². The van der Waals surface area contributed by atoms with Crippen LogP contribution in [0.4, 0.5) is 0 Å². The lowest BCUT2D eigenvalue weighted by Crippen LogP contribution is -2.02. The molecule has 0 unspecified atom stereocenters. The quantitative estimate of drug-likeness (QED) is 0.577. The Labute approximate surface area is 107 Å². The first-order valence-corrected chi connectivity index (χ1v) is 6.28. The molecule has 0 radical (unpaired) electrons. The van der Waals surface area contributed by atoms with Crippen molar-refractivity contribution in [2.24, 2.45) is 0 Å². The molecule has 0 aliphatic heterocycles. The lowest BCUT2D eigenvalue weighted by Gasteiger charge is -2.11. The second-order valence-corrected chi connectivity index (χ2v) is 4.76. The van der Waals surface area contributed by atoms with Crippen LogP contribution in [0.3, 0.4) is 0 Å². The van der Waals surface area contributed by atoms with Gasteiger partial charge >= 0.3 is 0 Å². The van der Waals surface area contributed by atoms with Gasteiger partial charge in [0, 0.05) is 0 Å². The molecule has 0 fully saturated rings. The maximum atomic E-state index is 4.20. The van der Waals surface area contributed by atoms with Crippen molar-refractivity contribution in [3.05, 3.63) is 59.3 Å². The van der Waals surface area contributed by atoms with Crippen molar-refractivity contribution < 1.29 is 0 Å². The van der Waals surface area contributed by atoms with Gasteiger partial charge in [0.25, 0.3) is 0 Å². The second kappa shape index (κ2) is 3.99. The molecule has 0 saturated heterocycles. The van der Waals surface area contributed by atoms with Gasteiger partial charge in [0.05, 0.1) is 0 Å². The molecular formula is C18H16. The van der Waals surface area contributed by atoms with Gasteiger partial charge in [0.15, 0.2) is 0 Å². The van der Waals surface area contributed by atoms with Crippen LogP contribution in [0.25, 0.3) is 33.7 Å².